The Morgan fingerprint density at radius 3 is 2.67 bits per heavy atom. The van der Waals surface area contributed by atoms with Crippen LogP contribution in [0.1, 0.15) is 19.8 Å². The number of nitrogens with two attached hydrogens (primary N) is 1. The Balaban J connectivity index is 3.48. The SMILES string of the molecule is CC(N)(CO)CCC#N. The number of aliphatic hydroxyl groups is 1. The van der Waals surface area contributed by atoms with Gasteiger partial charge in [0.2, 0.25) is 0 Å². The van der Waals surface area contributed by atoms with Gasteiger partial charge in [-0.15, -0.1) is 0 Å². The molecule has 0 heterocycles. The van der Waals surface area contributed by atoms with E-state index >= 15 is 0 Å². The first kappa shape index (κ1) is 8.41. The van der Waals surface area contributed by atoms with E-state index in [-0.39, 0.29) is 6.61 Å². The van der Waals surface area contributed by atoms with Crippen LogP contribution >= 0.6 is 0 Å². The fourth-order valence-corrected chi connectivity index (χ4v) is 0.421. The van der Waals surface area contributed by atoms with Gasteiger partial charge in [0.15, 0.2) is 0 Å². The van der Waals surface area contributed by atoms with Gasteiger partial charge in [0.25, 0.3) is 0 Å². The highest BCUT2D eigenvalue weighted by molar-refractivity contribution is 4.82. The van der Waals surface area contributed by atoms with E-state index in [1.807, 2.05) is 6.07 Å². The van der Waals surface area contributed by atoms with Crippen molar-refractivity contribution in [2.75, 3.05) is 6.61 Å². The maximum absolute atomic E-state index is 8.59. The fraction of sp³-hybridized carbons (Fsp3) is 0.833. The molecule has 0 aromatic rings. The number of hydrogen-bond donors (Lipinski definition) is 2. The smallest absolute Gasteiger partial charge is 0.0622 e. The van der Waals surface area contributed by atoms with Crippen molar-refractivity contribution in [3.8, 4) is 6.07 Å². The number of nitriles is 1. The lowest BCUT2D eigenvalue weighted by Gasteiger charge is -2.19. The van der Waals surface area contributed by atoms with Gasteiger partial charge in [0.05, 0.1) is 12.7 Å². The zero-order valence-electron chi connectivity index (χ0n) is 5.59. The lowest BCUT2D eigenvalue weighted by atomic mass is 9.99. The van der Waals surface area contributed by atoms with Crippen LogP contribution < -0.4 is 5.73 Å². The summed E-state index contributed by atoms with van der Waals surface area (Å²) in [7, 11) is 0. The van der Waals surface area contributed by atoms with E-state index < -0.39 is 5.54 Å². The monoisotopic (exact) mass is 128 g/mol. The Bertz CT molecular complexity index is 115. The predicted octanol–water partition coefficient (Wildman–Crippen LogP) is -0.000120. The van der Waals surface area contributed by atoms with E-state index in [1.54, 1.807) is 6.92 Å². The maximum atomic E-state index is 8.59. The van der Waals surface area contributed by atoms with Gasteiger partial charge < -0.3 is 10.8 Å². The third-order valence-electron chi connectivity index (χ3n) is 1.17. The molecule has 0 rings (SSSR count). The van der Waals surface area contributed by atoms with Crippen molar-refractivity contribution in [1.29, 1.82) is 5.26 Å². The molecule has 0 radical (unpaired) electrons. The van der Waals surface area contributed by atoms with Gasteiger partial charge in [0.1, 0.15) is 0 Å². The first-order valence-corrected chi connectivity index (χ1v) is 2.89. The minimum atomic E-state index is -0.574. The zero-order valence-corrected chi connectivity index (χ0v) is 5.59. The molecule has 9 heavy (non-hydrogen) atoms. The molecule has 0 fully saturated rings. The van der Waals surface area contributed by atoms with Gasteiger partial charge >= 0.3 is 0 Å². The summed E-state index contributed by atoms with van der Waals surface area (Å²) in [5.41, 5.74) is 4.93. The molecular weight excluding hydrogens is 116 g/mol. The van der Waals surface area contributed by atoms with Crippen LogP contribution in [0.25, 0.3) is 0 Å². The zero-order chi connectivity index (χ0) is 7.33. The Labute approximate surface area is 55.1 Å². The Kier molecular flexibility index (Phi) is 3.21. The standard InChI is InChI=1S/C6H12N2O/c1-6(8,5-9)3-2-4-7/h9H,2-3,5,8H2,1H3. The van der Waals surface area contributed by atoms with Crippen LogP contribution in [0.3, 0.4) is 0 Å². The van der Waals surface area contributed by atoms with Crippen LogP contribution in [-0.2, 0) is 0 Å². The van der Waals surface area contributed by atoms with Gasteiger partial charge in [-0.2, -0.15) is 5.26 Å². The van der Waals surface area contributed by atoms with E-state index in [1.165, 1.54) is 0 Å². The molecule has 3 nitrogen and oxygen atoms in total. The van der Waals surface area contributed by atoms with Crippen LogP contribution in [0.4, 0.5) is 0 Å². The molecule has 0 saturated heterocycles. The predicted molar refractivity (Wildman–Crippen MR) is 34.5 cm³/mol. The Hall–Kier alpha value is -0.590. The normalized spacial score (nSPS) is 16.2. The largest absolute Gasteiger partial charge is 0.394 e. The molecular formula is C6H12N2O. The molecule has 0 aliphatic rings. The van der Waals surface area contributed by atoms with Gasteiger partial charge in [-0.3, -0.25) is 0 Å². The number of rotatable bonds is 3. The summed E-state index contributed by atoms with van der Waals surface area (Å²) in [5.74, 6) is 0. The fourth-order valence-electron chi connectivity index (χ4n) is 0.421. The summed E-state index contributed by atoms with van der Waals surface area (Å²) in [5, 5.41) is 16.7. The van der Waals surface area contributed by atoms with E-state index in [0.717, 1.165) is 0 Å². The summed E-state index contributed by atoms with van der Waals surface area (Å²) < 4.78 is 0. The number of nitrogens with zero attached hydrogens (tertiary/aromatic N) is 1. The molecule has 0 spiro atoms. The molecule has 0 aliphatic heterocycles. The van der Waals surface area contributed by atoms with Crippen LogP contribution in [0.15, 0.2) is 0 Å². The summed E-state index contributed by atoms with van der Waals surface area (Å²) in [6.45, 7) is 1.67. The van der Waals surface area contributed by atoms with E-state index in [9.17, 15) is 0 Å². The van der Waals surface area contributed by atoms with Crippen molar-refractivity contribution >= 4 is 0 Å². The molecule has 1 unspecified atom stereocenters. The highest BCUT2D eigenvalue weighted by Crippen LogP contribution is 2.05. The number of aliphatic hydroxyl groups excluding tert-OH is 1. The average Bonchev–Trinajstić information content (AvgIpc) is 1.84. The molecule has 3 heteroatoms. The molecule has 0 aromatic heterocycles. The highest BCUT2D eigenvalue weighted by Gasteiger charge is 2.15. The second-order valence-electron chi connectivity index (χ2n) is 2.47. The second-order valence-corrected chi connectivity index (χ2v) is 2.47. The summed E-state index contributed by atoms with van der Waals surface area (Å²) >= 11 is 0. The third-order valence-corrected chi connectivity index (χ3v) is 1.17. The van der Waals surface area contributed by atoms with Crippen LogP contribution in [0.5, 0.6) is 0 Å². The van der Waals surface area contributed by atoms with Crippen LogP contribution in [-0.4, -0.2) is 17.3 Å². The van der Waals surface area contributed by atoms with E-state index in [2.05, 4.69) is 0 Å². The first-order valence-electron chi connectivity index (χ1n) is 2.89. The molecule has 0 aromatic carbocycles. The van der Waals surface area contributed by atoms with Crippen molar-refractivity contribution in [2.45, 2.75) is 25.3 Å². The lowest BCUT2D eigenvalue weighted by Crippen LogP contribution is -2.39. The van der Waals surface area contributed by atoms with Gasteiger partial charge in [-0.1, -0.05) is 0 Å². The van der Waals surface area contributed by atoms with Crippen molar-refractivity contribution < 1.29 is 5.11 Å². The minimum absolute atomic E-state index is 0.0608. The molecule has 0 bridgehead atoms. The minimum Gasteiger partial charge on any atom is -0.394 e. The van der Waals surface area contributed by atoms with Crippen molar-refractivity contribution in [3.63, 3.8) is 0 Å². The lowest BCUT2D eigenvalue weighted by molar-refractivity contribution is 0.202. The van der Waals surface area contributed by atoms with Gasteiger partial charge in [-0.05, 0) is 13.3 Å². The van der Waals surface area contributed by atoms with Crippen molar-refractivity contribution in [2.24, 2.45) is 5.73 Å². The van der Waals surface area contributed by atoms with E-state index in [4.69, 9.17) is 16.1 Å². The summed E-state index contributed by atoms with van der Waals surface area (Å²) in [6, 6.07) is 1.97. The maximum Gasteiger partial charge on any atom is 0.0622 e. The molecule has 0 saturated carbocycles. The van der Waals surface area contributed by atoms with E-state index in [0.29, 0.717) is 12.8 Å². The van der Waals surface area contributed by atoms with Crippen LogP contribution in [0.2, 0.25) is 0 Å². The van der Waals surface area contributed by atoms with Gasteiger partial charge in [-0.25, -0.2) is 0 Å². The molecule has 0 amide bonds. The highest BCUT2D eigenvalue weighted by atomic mass is 16.3. The summed E-state index contributed by atoms with van der Waals surface area (Å²) in [4.78, 5) is 0. The average molecular weight is 128 g/mol. The molecule has 3 N–H and O–H groups in total. The first-order chi connectivity index (χ1) is 4.12. The Morgan fingerprint density at radius 2 is 2.33 bits per heavy atom. The topological polar surface area (TPSA) is 70.0 Å². The third kappa shape index (κ3) is 3.95. The molecule has 1 atom stereocenters. The number of hydrogen-bond acceptors (Lipinski definition) is 3. The summed E-state index contributed by atoms with van der Waals surface area (Å²) in [6.07, 6.45) is 0.966. The molecule has 0 aliphatic carbocycles. The second kappa shape index (κ2) is 3.44. The Morgan fingerprint density at radius 1 is 1.78 bits per heavy atom. The van der Waals surface area contributed by atoms with Crippen molar-refractivity contribution in [1.82, 2.24) is 0 Å². The van der Waals surface area contributed by atoms with Crippen molar-refractivity contribution in [3.05, 3.63) is 0 Å². The van der Waals surface area contributed by atoms with Gasteiger partial charge in [0, 0.05) is 12.0 Å². The molecule has 52 valence electrons. The quantitative estimate of drug-likeness (QED) is 0.562. The van der Waals surface area contributed by atoms with Crippen LogP contribution in [0, 0.1) is 11.3 Å².